The molecule has 1 aliphatic heterocycles. The molecular weight excluding hydrogens is 370 g/mol. The lowest BCUT2D eigenvalue weighted by Gasteiger charge is -2.24. The van der Waals surface area contributed by atoms with E-state index in [4.69, 9.17) is 21.1 Å². The summed E-state index contributed by atoms with van der Waals surface area (Å²) < 4.78 is 10.4. The number of cyclic esters (lactones) is 1. The number of aliphatic hydroxyl groups is 1. The van der Waals surface area contributed by atoms with Crippen molar-refractivity contribution in [1.82, 2.24) is 4.90 Å². The van der Waals surface area contributed by atoms with Gasteiger partial charge in [0.05, 0.1) is 13.2 Å². The van der Waals surface area contributed by atoms with Gasteiger partial charge in [-0.05, 0) is 30.2 Å². The average Bonchev–Trinajstić information content (AvgIpc) is 3.01. The fraction of sp³-hybridized carbons (Fsp3) is 0.300. The Kier molecular flexibility index (Phi) is 5.68. The maximum atomic E-state index is 12.8. The maximum absolute atomic E-state index is 12.8. The predicted molar refractivity (Wildman–Crippen MR) is 99.6 cm³/mol. The maximum Gasteiger partial charge on any atom is 0.417 e. The summed E-state index contributed by atoms with van der Waals surface area (Å²) in [5.41, 5.74) is 1.24. The summed E-state index contributed by atoms with van der Waals surface area (Å²) in [6, 6.07) is 15.2. The Bertz CT molecular complexity index is 811. The van der Waals surface area contributed by atoms with Crippen LogP contribution >= 0.6 is 11.6 Å². The summed E-state index contributed by atoms with van der Waals surface area (Å²) in [5, 5.41) is 9.14. The zero-order valence-electron chi connectivity index (χ0n) is 14.9. The highest BCUT2D eigenvalue weighted by Crippen LogP contribution is 2.34. The number of carbonyl (C=O) groups is 2. The molecule has 1 N–H and O–H groups in total. The average molecular weight is 390 g/mol. The zero-order valence-corrected chi connectivity index (χ0v) is 15.7. The van der Waals surface area contributed by atoms with Crippen molar-refractivity contribution >= 4 is 23.6 Å². The van der Waals surface area contributed by atoms with Gasteiger partial charge < -0.3 is 14.6 Å². The van der Waals surface area contributed by atoms with Gasteiger partial charge in [0.2, 0.25) is 0 Å². The second-order valence-corrected chi connectivity index (χ2v) is 6.75. The molecule has 1 fully saturated rings. The molecule has 1 aliphatic rings. The summed E-state index contributed by atoms with van der Waals surface area (Å²) in [6.07, 6.45) is -2.63. The van der Waals surface area contributed by atoms with Crippen LogP contribution in [0.3, 0.4) is 0 Å². The van der Waals surface area contributed by atoms with Crippen molar-refractivity contribution in [3.8, 4) is 5.75 Å². The van der Waals surface area contributed by atoms with Gasteiger partial charge in [0.25, 0.3) is 5.91 Å². The molecule has 4 atom stereocenters. The highest BCUT2D eigenvalue weighted by atomic mass is 35.5. The lowest BCUT2D eigenvalue weighted by molar-refractivity contribution is -0.130. The number of aliphatic hydroxyl groups excluding tert-OH is 1. The van der Waals surface area contributed by atoms with Crippen LogP contribution in [0.2, 0.25) is 0 Å². The highest BCUT2D eigenvalue weighted by Gasteiger charge is 2.46. The normalized spacial score (nSPS) is 21.5. The Morgan fingerprint density at radius 1 is 1.19 bits per heavy atom. The number of benzene rings is 2. The second-order valence-electron chi connectivity index (χ2n) is 6.28. The van der Waals surface area contributed by atoms with E-state index in [1.807, 2.05) is 30.3 Å². The van der Waals surface area contributed by atoms with Crippen molar-refractivity contribution in [1.29, 1.82) is 0 Å². The van der Waals surface area contributed by atoms with Crippen molar-refractivity contribution in [3.05, 3.63) is 65.7 Å². The van der Waals surface area contributed by atoms with Gasteiger partial charge in [-0.25, -0.2) is 9.69 Å². The van der Waals surface area contributed by atoms with Crippen LogP contribution in [0.1, 0.15) is 30.3 Å². The standard InChI is InChI=1S/C20H20ClNO5/c1-12-18(14-6-4-3-5-7-14)27-20(25)22(12)19(24)16(21)17(23)13-8-10-15(26-2)11-9-13/h3-12,16-18,23H,1-2H3/t12-,16+,17-,18-/m1/s1. The number of hydrogen-bond donors (Lipinski definition) is 1. The summed E-state index contributed by atoms with van der Waals surface area (Å²) >= 11 is 6.21. The highest BCUT2D eigenvalue weighted by molar-refractivity contribution is 6.32. The SMILES string of the molecule is COc1ccc([C@@H](O)[C@H](Cl)C(=O)N2C(=O)O[C@@H](c3ccccc3)[C@H]2C)cc1. The van der Waals surface area contributed by atoms with Crippen LogP contribution in [0, 0.1) is 0 Å². The zero-order chi connectivity index (χ0) is 19.6. The molecule has 2 amide bonds. The molecular formula is C20H20ClNO5. The molecule has 0 aliphatic carbocycles. The molecule has 2 aromatic carbocycles. The summed E-state index contributed by atoms with van der Waals surface area (Å²) in [6.45, 7) is 1.71. The van der Waals surface area contributed by atoms with Gasteiger partial charge in [0, 0.05) is 0 Å². The minimum Gasteiger partial charge on any atom is -0.497 e. The van der Waals surface area contributed by atoms with E-state index in [0.717, 1.165) is 10.5 Å². The lowest BCUT2D eigenvalue weighted by Crippen LogP contribution is -2.44. The third kappa shape index (κ3) is 3.77. The predicted octanol–water partition coefficient (Wildman–Crippen LogP) is 3.44. The van der Waals surface area contributed by atoms with Gasteiger partial charge in [0.1, 0.15) is 23.3 Å². The molecule has 1 saturated heterocycles. The van der Waals surface area contributed by atoms with E-state index in [0.29, 0.717) is 11.3 Å². The summed E-state index contributed by atoms with van der Waals surface area (Å²) in [4.78, 5) is 26.0. The fourth-order valence-electron chi connectivity index (χ4n) is 3.08. The topological polar surface area (TPSA) is 76.1 Å². The molecule has 6 nitrogen and oxygen atoms in total. The minimum atomic E-state index is -1.33. The third-order valence-corrected chi connectivity index (χ3v) is 5.03. The van der Waals surface area contributed by atoms with Gasteiger partial charge in [-0.3, -0.25) is 4.79 Å². The summed E-state index contributed by atoms with van der Waals surface area (Å²) in [5.74, 6) is -0.0817. The minimum absolute atomic E-state index is 0.448. The lowest BCUT2D eigenvalue weighted by atomic mass is 10.0. The van der Waals surface area contributed by atoms with Crippen LogP contribution in [0.15, 0.2) is 54.6 Å². The fourth-order valence-corrected chi connectivity index (χ4v) is 3.33. The molecule has 1 heterocycles. The van der Waals surface area contributed by atoms with Crippen LogP contribution in [-0.4, -0.2) is 40.5 Å². The van der Waals surface area contributed by atoms with E-state index < -0.39 is 35.6 Å². The van der Waals surface area contributed by atoms with Crippen LogP contribution in [0.25, 0.3) is 0 Å². The van der Waals surface area contributed by atoms with Crippen molar-refractivity contribution in [3.63, 3.8) is 0 Å². The Hall–Kier alpha value is -2.57. The number of ether oxygens (including phenoxy) is 2. The monoisotopic (exact) mass is 389 g/mol. The first-order chi connectivity index (χ1) is 12.9. The molecule has 0 unspecified atom stereocenters. The number of methoxy groups -OCH3 is 1. The van der Waals surface area contributed by atoms with E-state index in [9.17, 15) is 14.7 Å². The summed E-state index contributed by atoms with van der Waals surface area (Å²) in [7, 11) is 1.53. The van der Waals surface area contributed by atoms with Crippen LogP contribution in [0.5, 0.6) is 5.75 Å². The van der Waals surface area contributed by atoms with E-state index in [-0.39, 0.29) is 0 Å². The first-order valence-electron chi connectivity index (χ1n) is 8.48. The second kappa shape index (κ2) is 7.98. The first kappa shape index (κ1) is 19.2. The van der Waals surface area contributed by atoms with Crippen LogP contribution < -0.4 is 4.74 Å². The number of halogens is 1. The van der Waals surface area contributed by atoms with Gasteiger partial charge in [0.15, 0.2) is 0 Å². The Labute approximate surface area is 162 Å². The smallest absolute Gasteiger partial charge is 0.417 e. The van der Waals surface area contributed by atoms with Crippen molar-refractivity contribution < 1.29 is 24.2 Å². The molecule has 0 saturated carbocycles. The number of alkyl halides is 1. The molecule has 7 heteroatoms. The van der Waals surface area contributed by atoms with E-state index in [2.05, 4.69) is 0 Å². The molecule has 0 aromatic heterocycles. The number of rotatable bonds is 5. The Morgan fingerprint density at radius 2 is 1.81 bits per heavy atom. The Balaban J connectivity index is 1.76. The number of imide groups is 1. The molecule has 0 spiro atoms. The van der Waals surface area contributed by atoms with Gasteiger partial charge in [-0.15, -0.1) is 11.6 Å². The number of nitrogens with zero attached hydrogens (tertiary/aromatic N) is 1. The number of amides is 2. The molecule has 142 valence electrons. The van der Waals surface area contributed by atoms with Crippen LogP contribution in [0.4, 0.5) is 4.79 Å². The van der Waals surface area contributed by atoms with Crippen molar-refractivity contribution in [2.24, 2.45) is 0 Å². The quantitative estimate of drug-likeness (QED) is 0.793. The Morgan fingerprint density at radius 3 is 2.41 bits per heavy atom. The van der Waals surface area contributed by atoms with E-state index >= 15 is 0 Å². The van der Waals surface area contributed by atoms with Crippen molar-refractivity contribution in [2.45, 2.75) is 30.6 Å². The van der Waals surface area contributed by atoms with Crippen LogP contribution in [-0.2, 0) is 9.53 Å². The largest absolute Gasteiger partial charge is 0.497 e. The van der Waals surface area contributed by atoms with E-state index in [1.54, 1.807) is 31.2 Å². The van der Waals surface area contributed by atoms with E-state index in [1.165, 1.54) is 7.11 Å². The van der Waals surface area contributed by atoms with Gasteiger partial charge in [-0.1, -0.05) is 42.5 Å². The molecule has 0 radical (unpaired) electrons. The molecule has 27 heavy (non-hydrogen) atoms. The number of hydrogen-bond acceptors (Lipinski definition) is 5. The van der Waals surface area contributed by atoms with Gasteiger partial charge >= 0.3 is 6.09 Å². The van der Waals surface area contributed by atoms with Gasteiger partial charge in [-0.2, -0.15) is 0 Å². The third-order valence-electron chi connectivity index (χ3n) is 4.61. The number of carbonyl (C=O) groups excluding carboxylic acids is 2. The first-order valence-corrected chi connectivity index (χ1v) is 8.92. The molecule has 0 bridgehead atoms. The molecule has 3 rings (SSSR count). The molecule has 2 aromatic rings. The van der Waals surface area contributed by atoms with Crippen molar-refractivity contribution in [2.75, 3.05) is 7.11 Å².